The van der Waals surface area contributed by atoms with Gasteiger partial charge in [-0.25, -0.2) is 37.4 Å². The van der Waals surface area contributed by atoms with Crippen LogP contribution in [0.15, 0.2) is 73.1 Å². The fourth-order valence-electron chi connectivity index (χ4n) is 8.07. The molecule has 2 aromatic heterocycles. The first-order valence-electron chi connectivity index (χ1n) is 21.6. The lowest BCUT2D eigenvalue weighted by Gasteiger charge is -2.40. The highest BCUT2D eigenvalue weighted by atomic mass is 32.2. The van der Waals surface area contributed by atoms with Crippen LogP contribution in [0.5, 0.6) is 0 Å². The van der Waals surface area contributed by atoms with E-state index in [-0.39, 0.29) is 63.1 Å². The Hall–Kier alpha value is -6.34. The number of rotatable bonds is 13. The van der Waals surface area contributed by atoms with E-state index >= 15 is 0 Å². The molecule has 2 atom stereocenters. The molecule has 4 aliphatic rings. The van der Waals surface area contributed by atoms with Crippen molar-refractivity contribution in [3.8, 4) is 23.7 Å². The van der Waals surface area contributed by atoms with Gasteiger partial charge in [-0.1, -0.05) is 47.9 Å². The monoisotopic (exact) mass is 987 g/mol. The normalized spacial score (nSPS) is 18.3. The van der Waals surface area contributed by atoms with Crippen molar-refractivity contribution < 1.29 is 61.0 Å². The van der Waals surface area contributed by atoms with E-state index in [1.54, 1.807) is 24.5 Å². The number of carbonyl (C=O) groups is 4. The Bertz CT molecular complexity index is 3020. The zero-order valence-electron chi connectivity index (χ0n) is 38.3. The van der Waals surface area contributed by atoms with Crippen LogP contribution < -0.4 is 16.7 Å². The molecule has 69 heavy (non-hydrogen) atoms. The molecule has 2 saturated heterocycles. The minimum atomic E-state index is -3.84. The Morgan fingerprint density at radius 1 is 0.667 bits per heavy atom. The summed E-state index contributed by atoms with van der Waals surface area (Å²) in [6, 6.07) is 18.2. The standard InChI is InChI=1S/C24H27N3O7S.C23H26N4O6S/c1-23(21(29)25-31,35(2,32)33)9-10-26-13-20-11-18(12-27(20)22(26)30)4-3-17-5-7-19(8-6-17)24(14-28)15-34-16-24;1-22(20(28)25-30,34(2,31)32)9-10-26-13-19-11-17(12-27(19)21(26)29)4-3-16-5-7-18(8-6-16)23(24)14-33-15-23/h5-8,11-12,28,31H,9-10,13-16H2,1-2H3,(H,25,29);5-8,11-12,30H,9-10,13-15,24H2,1-2H3,(H,25,28)/t23-;22-/m11/s1. The fraction of sp³-hybridized carbons (Fsp3) is 0.404. The molecule has 0 bridgehead atoms. The predicted molar refractivity (Wildman–Crippen MR) is 248 cm³/mol. The number of hydrogen-bond acceptors (Lipinski definition) is 14. The molecule has 8 rings (SSSR count). The molecule has 0 aliphatic carbocycles. The van der Waals surface area contributed by atoms with Crippen LogP contribution in [-0.2, 0) is 62.8 Å². The molecule has 2 fully saturated rings. The molecule has 0 unspecified atom stereocenters. The third-order valence-electron chi connectivity index (χ3n) is 13.4. The molecule has 4 aromatic rings. The molecule has 0 saturated carbocycles. The van der Waals surface area contributed by atoms with Gasteiger partial charge in [-0.3, -0.25) is 29.1 Å². The summed E-state index contributed by atoms with van der Waals surface area (Å²) < 4.78 is 58.1. The van der Waals surface area contributed by atoms with Crippen LogP contribution in [-0.4, -0.2) is 143 Å². The first-order valence-corrected chi connectivity index (χ1v) is 25.4. The van der Waals surface area contributed by atoms with Crippen molar-refractivity contribution in [3.05, 3.63) is 118 Å². The van der Waals surface area contributed by atoms with E-state index in [0.29, 0.717) is 48.9 Å². The number of amides is 4. The third-order valence-corrected chi connectivity index (χ3v) is 17.5. The summed E-state index contributed by atoms with van der Waals surface area (Å²) in [6.07, 6.45) is 4.78. The number of aromatic nitrogens is 2. The number of fused-ring (bicyclic) bond motifs is 2. The Balaban J connectivity index is 0.000000204. The molecule has 22 heteroatoms. The second-order valence-electron chi connectivity index (χ2n) is 18.2. The second kappa shape index (κ2) is 19.2. The molecule has 4 amide bonds. The van der Waals surface area contributed by atoms with Gasteiger partial charge >= 0.3 is 12.1 Å². The van der Waals surface area contributed by atoms with E-state index in [1.165, 1.54) is 43.7 Å². The van der Waals surface area contributed by atoms with E-state index < -0.39 is 46.5 Å². The van der Waals surface area contributed by atoms with E-state index in [0.717, 1.165) is 34.8 Å². The zero-order valence-corrected chi connectivity index (χ0v) is 39.9. The number of carbonyl (C=O) groups excluding carboxylic acids is 4. The average Bonchev–Trinajstić information content (AvgIpc) is 4.05. The molecule has 0 radical (unpaired) electrons. The largest absolute Gasteiger partial charge is 0.395 e. The van der Waals surface area contributed by atoms with E-state index in [2.05, 4.69) is 23.7 Å². The quantitative estimate of drug-likeness (QED) is 0.0624. The van der Waals surface area contributed by atoms with Gasteiger partial charge in [0.25, 0.3) is 11.8 Å². The first kappa shape index (κ1) is 50.5. The van der Waals surface area contributed by atoms with Gasteiger partial charge in [0.05, 0.1) is 57.1 Å². The average molecular weight is 988 g/mol. The summed E-state index contributed by atoms with van der Waals surface area (Å²) in [5.41, 5.74) is 14.7. The molecule has 6 heterocycles. The lowest BCUT2D eigenvalue weighted by atomic mass is 9.79. The summed E-state index contributed by atoms with van der Waals surface area (Å²) >= 11 is 0. The highest BCUT2D eigenvalue weighted by Gasteiger charge is 2.46. The van der Waals surface area contributed by atoms with Crippen LogP contribution in [0.2, 0.25) is 0 Å². The highest BCUT2D eigenvalue weighted by Crippen LogP contribution is 2.32. The third kappa shape index (κ3) is 9.93. The van der Waals surface area contributed by atoms with Crippen molar-refractivity contribution in [1.82, 2.24) is 29.9 Å². The number of nitrogens with two attached hydrogens (primary N) is 1. The number of benzene rings is 2. The lowest BCUT2D eigenvalue weighted by molar-refractivity contribution is -0.132. The smallest absolute Gasteiger partial charge is 0.328 e. The van der Waals surface area contributed by atoms with Crippen molar-refractivity contribution in [3.63, 3.8) is 0 Å². The number of hydrogen-bond donors (Lipinski definition) is 6. The summed E-state index contributed by atoms with van der Waals surface area (Å²) in [7, 11) is -7.68. The molecule has 2 aromatic carbocycles. The molecule has 4 aliphatic heterocycles. The Morgan fingerprint density at radius 2 is 1.04 bits per heavy atom. The van der Waals surface area contributed by atoms with Crippen LogP contribution in [0.25, 0.3) is 0 Å². The van der Waals surface area contributed by atoms with Crippen LogP contribution in [0.4, 0.5) is 9.59 Å². The van der Waals surface area contributed by atoms with Crippen LogP contribution in [0.3, 0.4) is 0 Å². The van der Waals surface area contributed by atoms with E-state index in [4.69, 9.17) is 25.6 Å². The van der Waals surface area contributed by atoms with Gasteiger partial charge in [0.2, 0.25) is 0 Å². The molecular formula is C47H53N7O13S2. The maximum Gasteiger partial charge on any atom is 0.328 e. The van der Waals surface area contributed by atoms with E-state index in [9.17, 15) is 41.1 Å². The Morgan fingerprint density at radius 3 is 1.35 bits per heavy atom. The maximum absolute atomic E-state index is 12.8. The number of nitrogens with zero attached hydrogens (tertiary/aromatic N) is 4. The number of hydroxylamine groups is 2. The van der Waals surface area contributed by atoms with Gasteiger partial charge in [-0.05, 0) is 74.2 Å². The fourth-order valence-corrected chi connectivity index (χ4v) is 9.76. The lowest BCUT2D eigenvalue weighted by Crippen LogP contribution is -2.54. The number of aliphatic hydroxyl groups is 1. The summed E-state index contributed by atoms with van der Waals surface area (Å²) in [5.74, 6) is 10.2. The van der Waals surface area contributed by atoms with Crippen molar-refractivity contribution in [2.24, 2.45) is 5.73 Å². The topological polar surface area (TPSA) is 282 Å². The minimum absolute atomic E-state index is 0.0191. The molecule has 7 N–H and O–H groups in total. The number of aliphatic hydroxyl groups excluding tert-OH is 1. The first-order chi connectivity index (χ1) is 32.5. The Labute approximate surface area is 399 Å². The van der Waals surface area contributed by atoms with E-state index in [1.807, 2.05) is 48.5 Å². The Kier molecular flexibility index (Phi) is 14.1. The predicted octanol–water partition coefficient (Wildman–Crippen LogP) is 1.19. The minimum Gasteiger partial charge on any atom is -0.395 e. The SMILES string of the molecule is C[C@@](CCN1Cc2cc(C#Cc3ccc(C4(CO)COC4)cc3)cn2C1=O)(C(=O)NO)S(C)(=O)=O.C[C@@](CCN1Cc2cc(C#Cc3ccc(C4(N)COC4)cc3)cn2C1=O)(C(=O)NO)S(C)(=O)=O. The van der Waals surface area contributed by atoms with Crippen LogP contribution in [0, 0.1) is 23.7 Å². The highest BCUT2D eigenvalue weighted by molar-refractivity contribution is 7.93. The van der Waals surface area contributed by atoms with Crippen molar-refractivity contribution in [1.29, 1.82) is 0 Å². The second-order valence-corrected chi connectivity index (χ2v) is 23.1. The summed E-state index contributed by atoms with van der Waals surface area (Å²) in [5, 5.41) is 27.5. The van der Waals surface area contributed by atoms with Gasteiger partial charge in [0.15, 0.2) is 29.2 Å². The summed E-state index contributed by atoms with van der Waals surface area (Å²) in [6.45, 7) is 5.03. The van der Waals surface area contributed by atoms with Crippen LogP contribution >= 0.6 is 0 Å². The molecule has 20 nitrogen and oxygen atoms in total. The van der Waals surface area contributed by atoms with Crippen LogP contribution in [0.1, 0.15) is 71.5 Å². The zero-order chi connectivity index (χ0) is 50.2. The van der Waals surface area contributed by atoms with Gasteiger partial charge in [0.1, 0.15) is 0 Å². The number of sulfone groups is 2. The van der Waals surface area contributed by atoms with Gasteiger partial charge in [-0.2, -0.15) is 0 Å². The molecule has 0 spiro atoms. The van der Waals surface area contributed by atoms with Crippen molar-refractivity contribution in [2.75, 3.05) is 58.6 Å². The number of ether oxygens (including phenoxy) is 2. The molecule has 366 valence electrons. The van der Waals surface area contributed by atoms with Crippen molar-refractivity contribution in [2.45, 2.75) is 60.2 Å². The van der Waals surface area contributed by atoms with Gasteiger partial charge in [0, 0.05) is 71.6 Å². The van der Waals surface area contributed by atoms with Crippen molar-refractivity contribution >= 4 is 43.6 Å². The number of nitrogens with one attached hydrogen (secondary N) is 2. The van der Waals surface area contributed by atoms with Gasteiger partial charge < -0.3 is 30.1 Å². The molecular weight excluding hydrogens is 935 g/mol. The maximum atomic E-state index is 12.8. The summed E-state index contributed by atoms with van der Waals surface area (Å²) in [4.78, 5) is 52.4. The van der Waals surface area contributed by atoms with Gasteiger partial charge in [-0.15, -0.1) is 0 Å².